The van der Waals surface area contributed by atoms with Gasteiger partial charge in [0.1, 0.15) is 5.69 Å². The third kappa shape index (κ3) is 3.55. The molecule has 0 spiro atoms. The van der Waals surface area contributed by atoms with Crippen molar-refractivity contribution in [1.82, 2.24) is 29.9 Å². The summed E-state index contributed by atoms with van der Waals surface area (Å²) in [5.74, 6) is 0.127. The second kappa shape index (κ2) is 7.80. The molecule has 2 aromatic carbocycles. The summed E-state index contributed by atoms with van der Waals surface area (Å²) in [4.78, 5) is 11.9. The van der Waals surface area contributed by atoms with Gasteiger partial charge in [-0.05, 0) is 42.3 Å². The Morgan fingerprint density at radius 2 is 1.97 bits per heavy atom. The molecule has 5 rings (SSSR count). The van der Waals surface area contributed by atoms with Crippen LogP contribution in [0.2, 0.25) is 5.02 Å². The molecule has 3 heterocycles. The first-order valence-corrected chi connectivity index (χ1v) is 10.2. The lowest BCUT2D eigenvalue weighted by Gasteiger charge is -2.08. The second-order valence-corrected chi connectivity index (χ2v) is 7.83. The summed E-state index contributed by atoms with van der Waals surface area (Å²) in [6.07, 6.45) is 3.76. The average Bonchev–Trinajstić information content (AvgIpc) is 3.41. The lowest BCUT2D eigenvalue weighted by molar-refractivity contribution is 0.652. The van der Waals surface area contributed by atoms with Gasteiger partial charge in [0.05, 0.1) is 35.8 Å². The summed E-state index contributed by atoms with van der Waals surface area (Å²) in [5.41, 5.74) is 12.0. The van der Waals surface area contributed by atoms with Crippen molar-refractivity contribution in [3.8, 4) is 28.7 Å². The zero-order chi connectivity index (χ0) is 22.2. The average molecular weight is 441 g/mol. The maximum Gasteiger partial charge on any atom is 0.221 e. The zero-order valence-electron chi connectivity index (χ0n) is 17.0. The summed E-state index contributed by atoms with van der Waals surface area (Å²) in [6, 6.07) is 15.2. The van der Waals surface area contributed by atoms with Gasteiger partial charge in [-0.2, -0.15) is 5.26 Å². The Morgan fingerprint density at radius 1 is 1.12 bits per heavy atom. The summed E-state index contributed by atoms with van der Waals surface area (Å²) in [6.45, 7) is 2.42. The third-order valence-electron chi connectivity index (χ3n) is 5.34. The quantitative estimate of drug-likeness (QED) is 0.428. The Kier molecular flexibility index (Phi) is 4.81. The molecule has 0 saturated heterocycles. The van der Waals surface area contributed by atoms with Gasteiger partial charge in [-0.15, -0.1) is 5.10 Å². The first-order valence-electron chi connectivity index (χ1n) is 9.82. The van der Waals surface area contributed by atoms with Gasteiger partial charge in [0, 0.05) is 27.7 Å². The van der Waals surface area contributed by atoms with Gasteiger partial charge in [0.2, 0.25) is 5.95 Å². The van der Waals surface area contributed by atoms with Crippen LogP contribution in [0.4, 0.5) is 5.95 Å². The van der Waals surface area contributed by atoms with E-state index in [9.17, 15) is 5.26 Å². The molecule has 156 valence electrons. The molecule has 8 nitrogen and oxygen atoms in total. The Bertz CT molecular complexity index is 1510. The molecule has 0 aliphatic heterocycles. The largest absolute Gasteiger partial charge is 0.368 e. The first kappa shape index (κ1) is 19.7. The van der Waals surface area contributed by atoms with E-state index in [1.54, 1.807) is 10.7 Å². The van der Waals surface area contributed by atoms with Crippen LogP contribution in [0.25, 0.3) is 33.5 Å². The van der Waals surface area contributed by atoms with Gasteiger partial charge < -0.3 is 10.7 Å². The molecule has 0 unspecified atom stereocenters. The number of benzene rings is 2. The van der Waals surface area contributed by atoms with Crippen LogP contribution in [0.15, 0.2) is 54.9 Å². The van der Waals surface area contributed by atoms with Gasteiger partial charge in [-0.1, -0.05) is 35.0 Å². The number of hydrogen-bond acceptors (Lipinski definition) is 6. The highest BCUT2D eigenvalue weighted by molar-refractivity contribution is 6.31. The van der Waals surface area contributed by atoms with Crippen LogP contribution in [0.1, 0.15) is 16.7 Å². The van der Waals surface area contributed by atoms with E-state index in [0.717, 1.165) is 27.6 Å². The predicted molar refractivity (Wildman–Crippen MR) is 123 cm³/mol. The van der Waals surface area contributed by atoms with E-state index >= 15 is 0 Å². The van der Waals surface area contributed by atoms with Crippen LogP contribution >= 0.6 is 11.6 Å². The smallest absolute Gasteiger partial charge is 0.221 e. The standard InChI is InChI=1S/C23H17ClN8/c1-13-14(9-25)3-2-4-17(13)20-8-21(29-23(26)28-20)22-12-32(31-30-22)11-15-10-27-19-7-16(24)5-6-18(15)19/h2-8,10,12,27H,11H2,1H3,(H2,26,28,29). The summed E-state index contributed by atoms with van der Waals surface area (Å²) < 4.78 is 1.74. The van der Waals surface area contributed by atoms with E-state index in [4.69, 9.17) is 17.3 Å². The Balaban J connectivity index is 1.48. The Labute approximate surface area is 188 Å². The van der Waals surface area contributed by atoms with Crippen molar-refractivity contribution in [2.75, 3.05) is 5.73 Å². The molecule has 9 heteroatoms. The molecule has 0 fully saturated rings. The Morgan fingerprint density at radius 3 is 2.81 bits per heavy atom. The molecule has 3 aromatic heterocycles. The number of nitrogen functional groups attached to an aromatic ring is 1. The van der Waals surface area contributed by atoms with Crippen LogP contribution in [-0.2, 0) is 6.54 Å². The van der Waals surface area contributed by atoms with Crippen LogP contribution in [0.5, 0.6) is 0 Å². The summed E-state index contributed by atoms with van der Waals surface area (Å²) >= 11 is 6.07. The number of nitrogens with one attached hydrogen (secondary N) is 1. The number of fused-ring (bicyclic) bond motifs is 1. The molecule has 0 aliphatic carbocycles. The van der Waals surface area contributed by atoms with Gasteiger partial charge in [0.25, 0.3) is 0 Å². The van der Waals surface area contributed by atoms with Gasteiger partial charge in [0.15, 0.2) is 0 Å². The predicted octanol–water partition coefficient (Wildman–Crippen LogP) is 4.35. The van der Waals surface area contributed by atoms with Crippen molar-refractivity contribution >= 4 is 28.5 Å². The van der Waals surface area contributed by atoms with Crippen LogP contribution in [0.3, 0.4) is 0 Å². The van der Waals surface area contributed by atoms with E-state index < -0.39 is 0 Å². The SMILES string of the molecule is Cc1c(C#N)cccc1-c1cc(-c2cn(Cc3c[nH]c4cc(Cl)ccc34)nn2)nc(N)n1. The first-order chi connectivity index (χ1) is 15.5. The topological polar surface area (TPSA) is 122 Å². The molecule has 3 N–H and O–H groups in total. The fraction of sp³-hybridized carbons (Fsp3) is 0.0870. The van der Waals surface area contributed by atoms with Crippen LogP contribution in [0, 0.1) is 18.3 Å². The van der Waals surface area contributed by atoms with Crippen molar-refractivity contribution < 1.29 is 0 Å². The number of nitrogens with two attached hydrogens (primary N) is 1. The summed E-state index contributed by atoms with van der Waals surface area (Å²) in [5, 5.41) is 19.6. The monoisotopic (exact) mass is 440 g/mol. The highest BCUT2D eigenvalue weighted by Crippen LogP contribution is 2.28. The van der Waals surface area contributed by atoms with Crippen molar-refractivity contribution in [3.05, 3.63) is 76.6 Å². The minimum absolute atomic E-state index is 0.127. The summed E-state index contributed by atoms with van der Waals surface area (Å²) in [7, 11) is 0. The molecule has 0 bridgehead atoms. The van der Waals surface area contributed by atoms with E-state index in [2.05, 4.69) is 31.3 Å². The maximum absolute atomic E-state index is 9.33. The van der Waals surface area contributed by atoms with Crippen molar-refractivity contribution in [1.29, 1.82) is 5.26 Å². The number of anilines is 1. The molecule has 0 aliphatic rings. The van der Waals surface area contributed by atoms with E-state index in [-0.39, 0.29) is 5.95 Å². The van der Waals surface area contributed by atoms with Gasteiger partial charge >= 0.3 is 0 Å². The molecule has 0 saturated carbocycles. The normalized spacial score (nSPS) is 11.0. The number of aromatic nitrogens is 6. The van der Waals surface area contributed by atoms with Crippen molar-refractivity contribution in [3.63, 3.8) is 0 Å². The van der Waals surface area contributed by atoms with Crippen molar-refractivity contribution in [2.24, 2.45) is 0 Å². The van der Waals surface area contributed by atoms with Gasteiger partial charge in [-0.3, -0.25) is 0 Å². The molecule has 0 amide bonds. The lowest BCUT2D eigenvalue weighted by Crippen LogP contribution is -2.00. The fourth-order valence-electron chi connectivity index (χ4n) is 3.73. The zero-order valence-corrected chi connectivity index (χ0v) is 17.8. The number of halogens is 1. The third-order valence-corrected chi connectivity index (χ3v) is 5.57. The number of hydrogen-bond donors (Lipinski definition) is 2. The van der Waals surface area contributed by atoms with Gasteiger partial charge in [-0.25, -0.2) is 14.6 Å². The number of nitrogens with zero attached hydrogens (tertiary/aromatic N) is 6. The minimum atomic E-state index is 0.127. The highest BCUT2D eigenvalue weighted by Gasteiger charge is 2.14. The number of H-pyrrole nitrogens is 1. The van der Waals surface area contributed by atoms with E-state index in [0.29, 0.717) is 34.2 Å². The van der Waals surface area contributed by atoms with Crippen LogP contribution < -0.4 is 5.73 Å². The van der Waals surface area contributed by atoms with E-state index in [1.165, 1.54) is 0 Å². The fourth-order valence-corrected chi connectivity index (χ4v) is 3.90. The van der Waals surface area contributed by atoms with Crippen molar-refractivity contribution in [2.45, 2.75) is 13.5 Å². The molecule has 32 heavy (non-hydrogen) atoms. The van der Waals surface area contributed by atoms with Crippen LogP contribution in [-0.4, -0.2) is 29.9 Å². The number of nitriles is 1. The molecule has 5 aromatic rings. The molecule has 0 atom stereocenters. The highest BCUT2D eigenvalue weighted by atomic mass is 35.5. The van der Waals surface area contributed by atoms with E-state index in [1.807, 2.05) is 55.7 Å². The second-order valence-electron chi connectivity index (χ2n) is 7.39. The minimum Gasteiger partial charge on any atom is -0.368 e. The Hall–Kier alpha value is -4.22. The number of rotatable bonds is 4. The maximum atomic E-state index is 9.33. The lowest BCUT2D eigenvalue weighted by atomic mass is 10.00. The number of aromatic amines is 1. The molecular weight excluding hydrogens is 424 g/mol. The molecule has 0 radical (unpaired) electrons. The molecular formula is C23H17ClN8.